The lowest BCUT2D eigenvalue weighted by molar-refractivity contribution is 0.108. The second kappa shape index (κ2) is 12.7. The molecule has 0 heterocycles. The largest absolute Gasteiger partial charge is 0.381 e. The summed E-state index contributed by atoms with van der Waals surface area (Å²) in [6, 6.07) is 0. The molecule has 0 saturated heterocycles. The minimum Gasteiger partial charge on any atom is -0.381 e. The third-order valence-corrected chi connectivity index (χ3v) is 4.18. The molecule has 0 bridgehead atoms. The molecule has 0 rings (SSSR count). The van der Waals surface area contributed by atoms with Gasteiger partial charge in [-0.3, -0.25) is 4.99 Å². The minimum absolute atomic E-state index is 0.114. The summed E-state index contributed by atoms with van der Waals surface area (Å²) in [7, 11) is -1.38. The standard InChI is InChI=1S/C14H32N4O3S/c1-5-22(19,20)18-10-6-8-16-14(15-4)17-9-7-11-21-12-13(2)3/h13,18H,5-12H2,1-4H3,(H2,15,16,17). The Balaban J connectivity index is 3.60. The highest BCUT2D eigenvalue weighted by molar-refractivity contribution is 7.89. The third-order valence-electron chi connectivity index (χ3n) is 2.78. The van der Waals surface area contributed by atoms with Crippen molar-refractivity contribution in [3.05, 3.63) is 0 Å². The SMILES string of the molecule is CCS(=O)(=O)NCCCNC(=NC)NCCCOCC(C)C. The van der Waals surface area contributed by atoms with Gasteiger partial charge in [-0.1, -0.05) is 13.8 Å². The highest BCUT2D eigenvalue weighted by Crippen LogP contribution is 1.92. The molecule has 8 heteroatoms. The lowest BCUT2D eigenvalue weighted by Gasteiger charge is -2.12. The molecule has 22 heavy (non-hydrogen) atoms. The number of nitrogens with zero attached hydrogens (tertiary/aromatic N) is 1. The van der Waals surface area contributed by atoms with Crippen LogP contribution in [-0.4, -0.2) is 60.0 Å². The van der Waals surface area contributed by atoms with Crippen molar-refractivity contribution in [1.29, 1.82) is 0 Å². The van der Waals surface area contributed by atoms with Gasteiger partial charge in [-0.25, -0.2) is 13.1 Å². The Hall–Kier alpha value is -0.860. The first kappa shape index (κ1) is 21.1. The van der Waals surface area contributed by atoms with Crippen LogP contribution in [0.25, 0.3) is 0 Å². The molecular formula is C14H32N4O3S. The molecule has 0 aromatic heterocycles. The number of rotatable bonds is 12. The van der Waals surface area contributed by atoms with Gasteiger partial charge in [0.1, 0.15) is 0 Å². The highest BCUT2D eigenvalue weighted by atomic mass is 32.2. The van der Waals surface area contributed by atoms with Crippen molar-refractivity contribution in [3.63, 3.8) is 0 Å². The number of aliphatic imine (C=N–C) groups is 1. The van der Waals surface area contributed by atoms with Gasteiger partial charge >= 0.3 is 0 Å². The molecule has 132 valence electrons. The molecule has 0 aromatic carbocycles. The van der Waals surface area contributed by atoms with E-state index >= 15 is 0 Å². The van der Waals surface area contributed by atoms with Crippen LogP contribution in [0.4, 0.5) is 0 Å². The van der Waals surface area contributed by atoms with Gasteiger partial charge in [-0.05, 0) is 25.7 Å². The van der Waals surface area contributed by atoms with Gasteiger partial charge < -0.3 is 15.4 Å². The molecule has 0 aliphatic rings. The fraction of sp³-hybridized carbons (Fsp3) is 0.929. The number of nitrogens with one attached hydrogen (secondary N) is 3. The van der Waals surface area contributed by atoms with Crippen molar-refractivity contribution in [1.82, 2.24) is 15.4 Å². The average molecular weight is 337 g/mol. The van der Waals surface area contributed by atoms with Gasteiger partial charge in [0.25, 0.3) is 0 Å². The summed E-state index contributed by atoms with van der Waals surface area (Å²) < 4.78 is 30.5. The van der Waals surface area contributed by atoms with Gasteiger partial charge in [0, 0.05) is 39.9 Å². The Morgan fingerprint density at radius 1 is 1.14 bits per heavy atom. The fourth-order valence-electron chi connectivity index (χ4n) is 1.55. The first-order valence-electron chi connectivity index (χ1n) is 7.91. The Morgan fingerprint density at radius 2 is 1.77 bits per heavy atom. The van der Waals surface area contributed by atoms with Gasteiger partial charge in [0.05, 0.1) is 5.75 Å². The van der Waals surface area contributed by atoms with Crippen LogP contribution in [0.15, 0.2) is 4.99 Å². The molecule has 0 aliphatic heterocycles. The van der Waals surface area contributed by atoms with E-state index in [1.165, 1.54) is 0 Å². The third kappa shape index (κ3) is 12.8. The minimum atomic E-state index is -3.09. The summed E-state index contributed by atoms with van der Waals surface area (Å²) in [5.41, 5.74) is 0. The average Bonchev–Trinajstić information content (AvgIpc) is 2.47. The van der Waals surface area contributed by atoms with Crippen LogP contribution >= 0.6 is 0 Å². The lowest BCUT2D eigenvalue weighted by Crippen LogP contribution is -2.39. The first-order chi connectivity index (χ1) is 10.4. The highest BCUT2D eigenvalue weighted by Gasteiger charge is 2.04. The predicted molar refractivity (Wildman–Crippen MR) is 91.7 cm³/mol. The predicted octanol–water partition coefficient (Wildman–Crippen LogP) is 0.544. The van der Waals surface area contributed by atoms with Gasteiger partial charge in [-0.15, -0.1) is 0 Å². The van der Waals surface area contributed by atoms with Crippen LogP contribution in [0.1, 0.15) is 33.6 Å². The van der Waals surface area contributed by atoms with Gasteiger partial charge in [-0.2, -0.15) is 0 Å². The lowest BCUT2D eigenvalue weighted by atomic mass is 10.2. The smallest absolute Gasteiger partial charge is 0.211 e. The number of sulfonamides is 1. The van der Waals surface area contributed by atoms with Crippen molar-refractivity contribution >= 4 is 16.0 Å². The topological polar surface area (TPSA) is 91.8 Å². The summed E-state index contributed by atoms with van der Waals surface area (Å²) in [4.78, 5) is 4.11. The van der Waals surface area contributed by atoms with E-state index in [-0.39, 0.29) is 5.75 Å². The molecule has 0 unspecified atom stereocenters. The Labute approximate surface area is 135 Å². The maximum absolute atomic E-state index is 11.2. The molecule has 0 aromatic rings. The van der Waals surface area contributed by atoms with Crippen molar-refractivity contribution in [3.8, 4) is 0 Å². The van der Waals surface area contributed by atoms with E-state index in [9.17, 15) is 8.42 Å². The van der Waals surface area contributed by atoms with Crippen LogP contribution in [0.5, 0.6) is 0 Å². The van der Waals surface area contributed by atoms with Crippen molar-refractivity contribution in [2.75, 3.05) is 45.6 Å². The van der Waals surface area contributed by atoms with E-state index in [1.54, 1.807) is 14.0 Å². The molecule has 7 nitrogen and oxygen atoms in total. The maximum Gasteiger partial charge on any atom is 0.211 e. The summed E-state index contributed by atoms with van der Waals surface area (Å²) >= 11 is 0. The van der Waals surface area contributed by atoms with Crippen LogP contribution in [-0.2, 0) is 14.8 Å². The molecular weight excluding hydrogens is 304 g/mol. The van der Waals surface area contributed by atoms with Gasteiger partial charge in [0.2, 0.25) is 10.0 Å². The van der Waals surface area contributed by atoms with Crippen LogP contribution in [0.2, 0.25) is 0 Å². The Morgan fingerprint density at radius 3 is 2.32 bits per heavy atom. The molecule has 0 spiro atoms. The molecule has 0 atom stereocenters. The summed E-state index contributed by atoms with van der Waals surface area (Å²) in [6.07, 6.45) is 1.63. The van der Waals surface area contributed by atoms with Gasteiger partial charge in [0.15, 0.2) is 5.96 Å². The zero-order chi connectivity index (χ0) is 16.8. The summed E-state index contributed by atoms with van der Waals surface area (Å²) in [5.74, 6) is 1.40. The number of hydrogen-bond acceptors (Lipinski definition) is 4. The second-order valence-corrected chi connectivity index (χ2v) is 7.49. The van der Waals surface area contributed by atoms with E-state index in [4.69, 9.17) is 4.74 Å². The zero-order valence-corrected chi connectivity index (χ0v) is 15.1. The molecule has 3 N–H and O–H groups in total. The van der Waals surface area contributed by atoms with Crippen molar-refractivity contribution in [2.24, 2.45) is 10.9 Å². The molecule has 0 radical (unpaired) electrons. The normalized spacial score (nSPS) is 12.7. The first-order valence-corrected chi connectivity index (χ1v) is 9.56. The van der Waals surface area contributed by atoms with Crippen LogP contribution < -0.4 is 15.4 Å². The van der Waals surface area contributed by atoms with E-state index in [2.05, 4.69) is 34.2 Å². The maximum atomic E-state index is 11.2. The second-order valence-electron chi connectivity index (χ2n) is 5.40. The number of ether oxygens (including phenoxy) is 1. The number of hydrogen-bond donors (Lipinski definition) is 3. The zero-order valence-electron chi connectivity index (χ0n) is 14.3. The summed E-state index contributed by atoms with van der Waals surface area (Å²) in [6.45, 7) is 9.30. The Kier molecular flexibility index (Phi) is 12.2. The molecule has 0 amide bonds. The van der Waals surface area contributed by atoms with E-state index in [0.29, 0.717) is 25.4 Å². The molecule has 0 saturated carbocycles. The quantitative estimate of drug-likeness (QED) is 0.275. The van der Waals surface area contributed by atoms with Crippen molar-refractivity contribution < 1.29 is 13.2 Å². The van der Waals surface area contributed by atoms with E-state index in [1.807, 2.05) is 0 Å². The Bertz CT molecular complexity index is 397. The van der Waals surface area contributed by atoms with Crippen LogP contribution in [0, 0.1) is 5.92 Å². The summed E-state index contributed by atoms with van der Waals surface area (Å²) in [5, 5.41) is 6.34. The fourth-order valence-corrected chi connectivity index (χ4v) is 2.21. The number of guanidine groups is 1. The molecule has 0 fully saturated rings. The van der Waals surface area contributed by atoms with E-state index in [0.717, 1.165) is 32.1 Å². The monoisotopic (exact) mass is 336 g/mol. The van der Waals surface area contributed by atoms with Crippen LogP contribution in [0.3, 0.4) is 0 Å². The van der Waals surface area contributed by atoms with Crippen molar-refractivity contribution in [2.45, 2.75) is 33.6 Å². The molecule has 0 aliphatic carbocycles. The van der Waals surface area contributed by atoms with E-state index < -0.39 is 10.0 Å².